The number of nitrogens with one attached hydrogen (secondary N) is 1. The second kappa shape index (κ2) is 11.8. The van der Waals surface area contributed by atoms with Crippen molar-refractivity contribution in [3.63, 3.8) is 0 Å². The summed E-state index contributed by atoms with van der Waals surface area (Å²) in [6, 6.07) is 13.3. The van der Waals surface area contributed by atoms with Gasteiger partial charge in [0, 0.05) is 73.7 Å². The van der Waals surface area contributed by atoms with Crippen LogP contribution in [0.5, 0.6) is 6.01 Å². The summed E-state index contributed by atoms with van der Waals surface area (Å²) in [5.74, 6) is 0.908. The maximum absolute atomic E-state index is 13.0. The molecule has 0 bridgehead atoms. The Morgan fingerprint density at radius 3 is 2.49 bits per heavy atom. The summed E-state index contributed by atoms with van der Waals surface area (Å²) < 4.78 is 7.53. The molecule has 0 radical (unpaired) electrons. The van der Waals surface area contributed by atoms with E-state index in [1.54, 1.807) is 4.90 Å². The molecule has 3 aliphatic rings. The number of imidazole rings is 1. The van der Waals surface area contributed by atoms with Crippen LogP contribution in [0.4, 0.5) is 16.3 Å². The molecule has 1 N–H and O–H groups in total. The number of aryl methyl sites for hydroxylation is 1. The molecule has 11 heteroatoms. The fraction of sp³-hybridized carbons (Fsp3) is 0.471. The second-order valence-corrected chi connectivity index (χ2v) is 13.0. The molecule has 1 aliphatic carbocycles. The van der Waals surface area contributed by atoms with Gasteiger partial charge in [-0.1, -0.05) is 37.3 Å². The van der Waals surface area contributed by atoms with Crippen molar-refractivity contribution in [2.45, 2.75) is 39.2 Å². The van der Waals surface area contributed by atoms with E-state index in [0.29, 0.717) is 45.3 Å². The summed E-state index contributed by atoms with van der Waals surface area (Å²) in [4.78, 5) is 46.3. The van der Waals surface area contributed by atoms with E-state index in [1.807, 2.05) is 0 Å². The number of H-pyrrole nitrogens is 1. The third-order valence-electron chi connectivity index (χ3n) is 9.53. The van der Waals surface area contributed by atoms with Crippen LogP contribution in [0, 0.1) is 5.41 Å². The summed E-state index contributed by atoms with van der Waals surface area (Å²) in [5, 5.41) is 2.58. The van der Waals surface area contributed by atoms with Crippen LogP contribution in [0.3, 0.4) is 0 Å². The number of piperazine rings is 1. The van der Waals surface area contributed by atoms with Crippen LogP contribution in [0.15, 0.2) is 53.6 Å². The molecule has 4 heterocycles. The molecule has 11 nitrogen and oxygen atoms in total. The lowest BCUT2D eigenvalue weighted by molar-refractivity contribution is 0.182. The number of hydrogen-bond acceptors (Lipinski definition) is 8. The first kappa shape index (κ1) is 29.3. The number of amides is 1. The number of anilines is 2. The third-order valence-corrected chi connectivity index (χ3v) is 9.53. The molecule has 0 spiro atoms. The van der Waals surface area contributed by atoms with E-state index in [2.05, 4.69) is 77.1 Å². The Bertz CT molecular complexity index is 1760. The number of rotatable bonds is 8. The SMILES string of the molecule is CCc1cccc2cccc(N3CCc4c(nc(OCC5(CN(C)C)CC5)nc4N4CCN(C(=O)n5cc[nH]c5=O)CC4)C3)c12. The molecule has 2 aliphatic heterocycles. The molecule has 1 saturated carbocycles. The van der Waals surface area contributed by atoms with Gasteiger partial charge in [0.15, 0.2) is 0 Å². The monoisotopic (exact) mass is 610 g/mol. The number of nitrogens with zero attached hydrogens (tertiary/aromatic N) is 7. The lowest BCUT2D eigenvalue weighted by atomic mass is 9.98. The van der Waals surface area contributed by atoms with Gasteiger partial charge in [-0.15, -0.1) is 0 Å². The van der Waals surface area contributed by atoms with Crippen molar-refractivity contribution < 1.29 is 9.53 Å². The smallest absolute Gasteiger partial charge is 0.333 e. The Morgan fingerprint density at radius 2 is 1.80 bits per heavy atom. The predicted molar refractivity (Wildman–Crippen MR) is 175 cm³/mol. The van der Waals surface area contributed by atoms with Crippen LogP contribution >= 0.6 is 0 Å². The average Bonchev–Trinajstić information content (AvgIpc) is 3.68. The molecular weight excluding hydrogens is 568 g/mol. The molecule has 2 aromatic heterocycles. The van der Waals surface area contributed by atoms with Gasteiger partial charge in [-0.3, -0.25) is 0 Å². The van der Waals surface area contributed by atoms with Gasteiger partial charge in [-0.2, -0.15) is 9.97 Å². The van der Waals surface area contributed by atoms with Crippen LogP contribution in [0.25, 0.3) is 10.8 Å². The van der Waals surface area contributed by atoms with E-state index in [1.165, 1.54) is 34.4 Å². The molecule has 0 atom stereocenters. The first-order valence-electron chi connectivity index (χ1n) is 16.1. The number of benzene rings is 2. The lowest BCUT2D eigenvalue weighted by Gasteiger charge is -2.38. The van der Waals surface area contributed by atoms with Crippen LogP contribution in [-0.2, 0) is 19.4 Å². The van der Waals surface area contributed by atoms with Crippen LogP contribution in [0.1, 0.15) is 36.6 Å². The van der Waals surface area contributed by atoms with Gasteiger partial charge < -0.3 is 29.3 Å². The van der Waals surface area contributed by atoms with Crippen molar-refractivity contribution in [2.75, 3.05) is 69.8 Å². The topological polar surface area (TPSA) is 103 Å². The molecule has 2 aromatic carbocycles. The molecule has 0 unspecified atom stereocenters. The summed E-state index contributed by atoms with van der Waals surface area (Å²) >= 11 is 0. The summed E-state index contributed by atoms with van der Waals surface area (Å²) in [7, 11) is 4.21. The number of fused-ring (bicyclic) bond motifs is 2. The molecule has 1 saturated heterocycles. The van der Waals surface area contributed by atoms with Crippen LogP contribution in [-0.4, -0.2) is 95.3 Å². The van der Waals surface area contributed by atoms with Crippen LogP contribution in [0.2, 0.25) is 0 Å². The number of aromatic nitrogens is 4. The third kappa shape index (κ3) is 5.77. The molecule has 45 heavy (non-hydrogen) atoms. The highest BCUT2D eigenvalue weighted by atomic mass is 16.5. The zero-order valence-corrected chi connectivity index (χ0v) is 26.5. The normalized spacial score (nSPS) is 17.6. The molecule has 2 fully saturated rings. The van der Waals surface area contributed by atoms with Gasteiger partial charge in [0.25, 0.3) is 0 Å². The van der Waals surface area contributed by atoms with E-state index >= 15 is 0 Å². The van der Waals surface area contributed by atoms with Crippen molar-refractivity contribution in [1.29, 1.82) is 0 Å². The molecule has 236 valence electrons. The maximum atomic E-state index is 13.0. The fourth-order valence-corrected chi connectivity index (χ4v) is 7.02. The van der Waals surface area contributed by atoms with Gasteiger partial charge in [0.2, 0.25) is 0 Å². The number of ether oxygens (including phenoxy) is 1. The zero-order chi connectivity index (χ0) is 31.1. The quantitative estimate of drug-likeness (QED) is 0.322. The molecule has 4 aromatic rings. The second-order valence-electron chi connectivity index (χ2n) is 13.0. The highest BCUT2D eigenvalue weighted by molar-refractivity contribution is 5.97. The minimum absolute atomic E-state index is 0.163. The number of carbonyl (C=O) groups is 1. The van der Waals surface area contributed by atoms with E-state index in [-0.39, 0.29) is 11.4 Å². The molecule has 1 amide bonds. The lowest BCUT2D eigenvalue weighted by Crippen LogP contribution is -2.51. The maximum Gasteiger partial charge on any atom is 0.333 e. The first-order chi connectivity index (χ1) is 21.8. The van der Waals surface area contributed by atoms with E-state index in [4.69, 9.17) is 14.7 Å². The summed E-state index contributed by atoms with van der Waals surface area (Å²) in [6.07, 6.45) is 7.06. The van der Waals surface area contributed by atoms with Crippen molar-refractivity contribution >= 4 is 28.3 Å². The zero-order valence-electron chi connectivity index (χ0n) is 26.5. The van der Waals surface area contributed by atoms with Gasteiger partial charge in [0.05, 0.1) is 18.8 Å². The number of hydrogen-bond donors (Lipinski definition) is 1. The largest absolute Gasteiger partial charge is 0.463 e. The fourth-order valence-electron chi connectivity index (χ4n) is 7.02. The Hall–Kier alpha value is -4.38. The van der Waals surface area contributed by atoms with E-state index < -0.39 is 5.69 Å². The van der Waals surface area contributed by atoms with Crippen LogP contribution < -0.4 is 20.2 Å². The predicted octanol–water partition coefficient (Wildman–Crippen LogP) is 3.76. The minimum Gasteiger partial charge on any atom is -0.463 e. The van der Waals surface area contributed by atoms with Crippen molar-refractivity contribution in [1.82, 2.24) is 29.3 Å². The van der Waals surface area contributed by atoms with Crippen molar-refractivity contribution in [3.8, 4) is 6.01 Å². The van der Waals surface area contributed by atoms with E-state index in [0.717, 1.165) is 60.4 Å². The first-order valence-corrected chi connectivity index (χ1v) is 16.1. The van der Waals surface area contributed by atoms with Gasteiger partial charge in [-0.25, -0.2) is 14.2 Å². The highest BCUT2D eigenvalue weighted by Gasteiger charge is 2.44. The average molecular weight is 611 g/mol. The van der Waals surface area contributed by atoms with Crippen molar-refractivity contribution in [2.24, 2.45) is 5.41 Å². The van der Waals surface area contributed by atoms with E-state index in [9.17, 15) is 9.59 Å². The summed E-state index contributed by atoms with van der Waals surface area (Å²) in [5.41, 5.74) is 4.50. The van der Waals surface area contributed by atoms with Gasteiger partial charge in [0.1, 0.15) is 5.82 Å². The Morgan fingerprint density at radius 1 is 1.02 bits per heavy atom. The van der Waals surface area contributed by atoms with Crippen molar-refractivity contribution in [3.05, 3.63) is 76.1 Å². The number of aromatic amines is 1. The Labute approximate surface area is 263 Å². The highest BCUT2D eigenvalue weighted by Crippen LogP contribution is 2.46. The standard InChI is InChI=1S/C34H42N8O3/c1-4-24-7-5-8-25-9-6-10-28(29(24)25)41-15-11-26-27(21-41)36-31(45-23-34(12-13-34)22-38(2)3)37-30(26)39-17-19-40(20-18-39)33(44)42-16-14-35-32(42)43/h5-10,14,16H,4,11-13,15,17-23H2,1-3H3,(H,35,43). The Balaban J connectivity index is 1.18. The van der Waals surface area contributed by atoms with Gasteiger partial charge in [-0.05, 0) is 56.8 Å². The van der Waals surface area contributed by atoms with Gasteiger partial charge >= 0.3 is 17.7 Å². The molecular formula is C34H42N8O3. The molecule has 7 rings (SSSR count). The number of carbonyl (C=O) groups excluding carboxylic acids is 1. The summed E-state index contributed by atoms with van der Waals surface area (Å²) in [6.45, 7) is 7.57. The Kier molecular flexibility index (Phi) is 7.72. The minimum atomic E-state index is -0.418.